The summed E-state index contributed by atoms with van der Waals surface area (Å²) < 4.78 is 1.09. The van der Waals surface area contributed by atoms with Crippen LogP contribution in [0.1, 0.15) is 23.2 Å². The number of benzene rings is 2. The summed E-state index contributed by atoms with van der Waals surface area (Å²) in [6.45, 7) is 2.16. The highest BCUT2D eigenvalue weighted by Crippen LogP contribution is 2.32. The van der Waals surface area contributed by atoms with Gasteiger partial charge in [0.2, 0.25) is 0 Å². The Bertz CT molecular complexity index is 1110. The number of hydrogen-bond acceptors (Lipinski definition) is 5. The molecule has 7 heteroatoms. The number of carbonyl (C=O) groups is 1. The molecule has 6 nitrogen and oxygen atoms in total. The standard InChI is InChI=1S/C19H17N5OS/c25-18(14-5-3-4-12-11-20-23-17(12)14)21-13-6-7-15-16(10-13)26-19(22-15)24-8-1-2-9-24/h3-7,10-11H,1-2,8-9H2,(H,20,23)(H,21,25). The average molecular weight is 363 g/mol. The highest BCUT2D eigenvalue weighted by atomic mass is 32.1. The number of carbonyl (C=O) groups excluding carboxylic acids is 1. The first-order valence-corrected chi connectivity index (χ1v) is 9.48. The van der Waals surface area contributed by atoms with Crippen molar-refractivity contribution >= 4 is 49.2 Å². The minimum atomic E-state index is -0.150. The number of aromatic amines is 1. The predicted molar refractivity (Wildman–Crippen MR) is 105 cm³/mol. The highest BCUT2D eigenvalue weighted by Gasteiger charge is 2.17. The molecule has 0 saturated carbocycles. The molecule has 0 spiro atoms. The quantitative estimate of drug-likeness (QED) is 0.576. The smallest absolute Gasteiger partial charge is 0.257 e. The zero-order valence-corrected chi connectivity index (χ0v) is 14.8. The Morgan fingerprint density at radius 1 is 1.19 bits per heavy atom. The fourth-order valence-corrected chi connectivity index (χ4v) is 4.45. The molecule has 2 N–H and O–H groups in total. The summed E-state index contributed by atoms with van der Waals surface area (Å²) in [7, 11) is 0. The van der Waals surface area contributed by atoms with E-state index in [4.69, 9.17) is 4.98 Å². The topological polar surface area (TPSA) is 73.9 Å². The monoisotopic (exact) mass is 363 g/mol. The average Bonchev–Trinajstić information content (AvgIpc) is 3.39. The highest BCUT2D eigenvalue weighted by molar-refractivity contribution is 7.22. The van der Waals surface area contributed by atoms with Crippen molar-refractivity contribution in [2.75, 3.05) is 23.3 Å². The van der Waals surface area contributed by atoms with Crippen molar-refractivity contribution in [1.29, 1.82) is 0 Å². The number of aromatic nitrogens is 3. The number of rotatable bonds is 3. The molecule has 0 aliphatic carbocycles. The van der Waals surface area contributed by atoms with Gasteiger partial charge in [0, 0.05) is 24.2 Å². The van der Waals surface area contributed by atoms with E-state index in [1.54, 1.807) is 23.6 Å². The Morgan fingerprint density at radius 2 is 2.08 bits per heavy atom. The van der Waals surface area contributed by atoms with Crippen LogP contribution in [0.25, 0.3) is 21.1 Å². The lowest BCUT2D eigenvalue weighted by Crippen LogP contribution is -2.16. The van der Waals surface area contributed by atoms with Crippen molar-refractivity contribution in [2.45, 2.75) is 12.8 Å². The number of anilines is 2. The molecule has 0 unspecified atom stereocenters. The third kappa shape index (κ3) is 2.61. The number of H-pyrrole nitrogens is 1. The van der Waals surface area contributed by atoms with Gasteiger partial charge in [-0.05, 0) is 37.1 Å². The van der Waals surface area contributed by atoms with Gasteiger partial charge >= 0.3 is 0 Å². The molecule has 0 atom stereocenters. The fourth-order valence-electron chi connectivity index (χ4n) is 3.39. The van der Waals surface area contributed by atoms with Crippen LogP contribution < -0.4 is 10.2 Å². The molecular weight excluding hydrogens is 346 g/mol. The number of para-hydroxylation sites is 1. The molecule has 2 aromatic heterocycles. The first-order chi connectivity index (χ1) is 12.8. The molecule has 1 saturated heterocycles. The normalized spacial score (nSPS) is 14.4. The van der Waals surface area contributed by atoms with E-state index in [0.29, 0.717) is 5.56 Å². The van der Waals surface area contributed by atoms with Crippen LogP contribution in [0.5, 0.6) is 0 Å². The molecule has 1 aliphatic heterocycles. The van der Waals surface area contributed by atoms with Crippen LogP contribution >= 0.6 is 11.3 Å². The van der Waals surface area contributed by atoms with Crippen molar-refractivity contribution in [3.8, 4) is 0 Å². The number of fused-ring (bicyclic) bond motifs is 2. The van der Waals surface area contributed by atoms with Crippen LogP contribution in [0, 0.1) is 0 Å². The third-order valence-corrected chi connectivity index (χ3v) is 5.81. The molecule has 5 rings (SSSR count). The maximum atomic E-state index is 12.7. The Labute approximate surface area is 153 Å². The van der Waals surface area contributed by atoms with Crippen molar-refractivity contribution in [2.24, 2.45) is 0 Å². The molecule has 4 aromatic rings. The summed E-state index contributed by atoms with van der Waals surface area (Å²) in [6, 6.07) is 11.5. The number of amides is 1. The molecule has 1 amide bonds. The van der Waals surface area contributed by atoms with Gasteiger partial charge < -0.3 is 10.2 Å². The molecule has 1 aliphatic rings. The summed E-state index contributed by atoms with van der Waals surface area (Å²) in [5, 5.41) is 11.9. The maximum Gasteiger partial charge on any atom is 0.257 e. The van der Waals surface area contributed by atoms with Crippen LogP contribution in [0.3, 0.4) is 0 Å². The third-order valence-electron chi connectivity index (χ3n) is 4.73. The van der Waals surface area contributed by atoms with Crippen LogP contribution in [0.4, 0.5) is 10.8 Å². The molecule has 3 heterocycles. The van der Waals surface area contributed by atoms with Crippen LogP contribution in [0.15, 0.2) is 42.6 Å². The summed E-state index contributed by atoms with van der Waals surface area (Å²) in [6.07, 6.45) is 4.18. The van der Waals surface area contributed by atoms with Gasteiger partial charge in [-0.15, -0.1) is 0 Å². The van der Waals surface area contributed by atoms with Crippen molar-refractivity contribution < 1.29 is 4.79 Å². The molecule has 0 bridgehead atoms. The Morgan fingerprint density at radius 3 is 2.96 bits per heavy atom. The molecule has 2 aromatic carbocycles. The first kappa shape index (κ1) is 15.3. The number of nitrogens with one attached hydrogen (secondary N) is 2. The molecule has 26 heavy (non-hydrogen) atoms. The van der Waals surface area contributed by atoms with Gasteiger partial charge in [0.1, 0.15) is 0 Å². The summed E-state index contributed by atoms with van der Waals surface area (Å²) in [5.74, 6) is -0.150. The zero-order valence-electron chi connectivity index (χ0n) is 14.0. The van der Waals surface area contributed by atoms with Gasteiger partial charge in [0.05, 0.1) is 27.5 Å². The largest absolute Gasteiger partial charge is 0.348 e. The molecule has 130 valence electrons. The minimum Gasteiger partial charge on any atom is -0.348 e. The summed E-state index contributed by atoms with van der Waals surface area (Å²) >= 11 is 1.68. The van der Waals surface area contributed by atoms with E-state index in [9.17, 15) is 4.79 Å². The van der Waals surface area contributed by atoms with E-state index in [-0.39, 0.29) is 5.91 Å². The lowest BCUT2D eigenvalue weighted by molar-refractivity contribution is 0.102. The van der Waals surface area contributed by atoms with Crippen molar-refractivity contribution in [3.05, 3.63) is 48.2 Å². The zero-order chi connectivity index (χ0) is 17.5. The Hall–Kier alpha value is -2.93. The Balaban J connectivity index is 1.43. The molecular formula is C19H17N5OS. The SMILES string of the molecule is O=C(Nc1ccc2nc(N3CCCC3)sc2c1)c1cccc2cn[nH]c12. The van der Waals surface area contributed by atoms with E-state index in [1.165, 1.54) is 12.8 Å². The van der Waals surface area contributed by atoms with E-state index >= 15 is 0 Å². The minimum absolute atomic E-state index is 0.150. The van der Waals surface area contributed by atoms with E-state index in [1.807, 2.05) is 30.3 Å². The van der Waals surface area contributed by atoms with E-state index < -0.39 is 0 Å². The molecule has 0 radical (unpaired) electrons. The van der Waals surface area contributed by atoms with Gasteiger partial charge in [-0.1, -0.05) is 23.5 Å². The number of nitrogens with zero attached hydrogens (tertiary/aromatic N) is 3. The van der Waals surface area contributed by atoms with Gasteiger partial charge in [0.25, 0.3) is 5.91 Å². The van der Waals surface area contributed by atoms with Crippen molar-refractivity contribution in [1.82, 2.24) is 15.2 Å². The fraction of sp³-hybridized carbons (Fsp3) is 0.211. The van der Waals surface area contributed by atoms with Crippen LogP contribution in [0.2, 0.25) is 0 Å². The van der Waals surface area contributed by atoms with Crippen LogP contribution in [-0.2, 0) is 0 Å². The van der Waals surface area contributed by atoms with Crippen LogP contribution in [-0.4, -0.2) is 34.2 Å². The summed E-state index contributed by atoms with van der Waals surface area (Å²) in [4.78, 5) is 19.8. The number of thiazole rings is 1. The lowest BCUT2D eigenvalue weighted by Gasteiger charge is -2.11. The van der Waals surface area contributed by atoms with Gasteiger partial charge in [0.15, 0.2) is 5.13 Å². The van der Waals surface area contributed by atoms with Gasteiger partial charge in [-0.25, -0.2) is 4.98 Å². The molecule has 1 fully saturated rings. The summed E-state index contributed by atoms with van der Waals surface area (Å²) in [5.41, 5.74) is 3.09. The van der Waals surface area contributed by atoms with Crippen molar-refractivity contribution in [3.63, 3.8) is 0 Å². The number of hydrogen-bond donors (Lipinski definition) is 2. The second-order valence-corrected chi connectivity index (χ2v) is 7.48. The Kier molecular flexibility index (Phi) is 3.60. The van der Waals surface area contributed by atoms with E-state index in [0.717, 1.165) is 45.0 Å². The second-order valence-electron chi connectivity index (χ2n) is 6.47. The second kappa shape index (κ2) is 6.10. The van der Waals surface area contributed by atoms with E-state index in [2.05, 4.69) is 20.4 Å². The maximum absolute atomic E-state index is 12.7. The van der Waals surface area contributed by atoms with Gasteiger partial charge in [-0.3, -0.25) is 9.89 Å². The first-order valence-electron chi connectivity index (χ1n) is 8.67. The lowest BCUT2D eigenvalue weighted by atomic mass is 10.1. The van der Waals surface area contributed by atoms with Gasteiger partial charge in [-0.2, -0.15) is 5.10 Å². The predicted octanol–water partition coefficient (Wildman–Crippen LogP) is 4.03.